The van der Waals surface area contributed by atoms with E-state index in [1.165, 1.54) is 17.3 Å². The fraction of sp³-hybridized carbons (Fsp3) is 0.348. The molecule has 0 aliphatic rings. The van der Waals surface area contributed by atoms with Gasteiger partial charge in [-0.05, 0) is 49.1 Å². The van der Waals surface area contributed by atoms with Crippen molar-refractivity contribution in [3.8, 4) is 17.2 Å². The lowest BCUT2D eigenvalue weighted by molar-refractivity contribution is -0.115. The van der Waals surface area contributed by atoms with Crippen molar-refractivity contribution in [1.82, 2.24) is 10.2 Å². The Bertz CT molecular complexity index is 993. The van der Waals surface area contributed by atoms with Gasteiger partial charge in [0.05, 0.1) is 17.5 Å². The largest absolute Gasteiger partial charge is 0.492 e. The number of nitrogens with one attached hydrogen (secondary N) is 1. The van der Waals surface area contributed by atoms with E-state index in [1.54, 1.807) is 6.92 Å². The zero-order valence-corrected chi connectivity index (χ0v) is 18.7. The molecule has 1 amide bonds. The van der Waals surface area contributed by atoms with E-state index in [-0.39, 0.29) is 11.3 Å². The van der Waals surface area contributed by atoms with Crippen LogP contribution in [0.15, 0.2) is 58.2 Å². The summed E-state index contributed by atoms with van der Waals surface area (Å²) in [6.45, 7) is 10.7. The highest BCUT2D eigenvalue weighted by Crippen LogP contribution is 2.30. The van der Waals surface area contributed by atoms with Crippen LogP contribution in [0.4, 0.5) is 5.69 Å². The summed E-state index contributed by atoms with van der Waals surface area (Å²) in [7, 11) is 0. The quantitative estimate of drug-likeness (QED) is 0.500. The Balaban J connectivity index is 1.65. The summed E-state index contributed by atoms with van der Waals surface area (Å²) in [5.74, 6) is 0.915. The maximum Gasteiger partial charge on any atom is 0.277 e. The van der Waals surface area contributed by atoms with Gasteiger partial charge in [-0.1, -0.05) is 56.8 Å². The maximum atomic E-state index is 12.6. The van der Waals surface area contributed by atoms with E-state index < -0.39 is 5.25 Å². The molecular weight excluding hydrogens is 398 g/mol. The number of rotatable bonds is 7. The zero-order chi connectivity index (χ0) is 21.7. The molecule has 0 radical (unpaired) electrons. The molecule has 1 atom stereocenters. The Kier molecular flexibility index (Phi) is 6.82. The van der Waals surface area contributed by atoms with Crippen LogP contribution in [-0.2, 0) is 10.2 Å². The topological polar surface area (TPSA) is 77.2 Å². The Morgan fingerprint density at radius 3 is 2.50 bits per heavy atom. The molecule has 0 saturated heterocycles. The van der Waals surface area contributed by atoms with Crippen molar-refractivity contribution in [3.63, 3.8) is 0 Å². The standard InChI is InChI=1S/C23H27N3O3S/c1-6-28-19-10-8-7-9-18(19)24-20(27)15(2)30-22-26-25-21(29-22)16-11-13-17(14-12-16)23(3,4)5/h7-15H,6H2,1-5H3,(H,24,27)/t15-/m1/s1. The molecular formula is C23H27N3O3S. The van der Waals surface area contributed by atoms with Gasteiger partial charge in [-0.15, -0.1) is 10.2 Å². The van der Waals surface area contributed by atoms with Crippen LogP contribution in [0.5, 0.6) is 5.75 Å². The first-order valence-electron chi connectivity index (χ1n) is 9.91. The predicted octanol–water partition coefficient (Wildman–Crippen LogP) is 5.55. The van der Waals surface area contributed by atoms with Crippen molar-refractivity contribution in [1.29, 1.82) is 0 Å². The Labute approximate surface area is 181 Å². The molecule has 1 heterocycles. The van der Waals surface area contributed by atoms with Gasteiger partial charge in [0, 0.05) is 5.56 Å². The molecule has 1 N–H and O–H groups in total. The van der Waals surface area contributed by atoms with Crippen LogP contribution in [0.2, 0.25) is 0 Å². The highest BCUT2D eigenvalue weighted by atomic mass is 32.2. The Morgan fingerprint density at radius 2 is 1.83 bits per heavy atom. The summed E-state index contributed by atoms with van der Waals surface area (Å²) >= 11 is 1.22. The number of amides is 1. The first-order chi connectivity index (χ1) is 14.3. The third-order valence-electron chi connectivity index (χ3n) is 4.50. The van der Waals surface area contributed by atoms with Gasteiger partial charge >= 0.3 is 0 Å². The average molecular weight is 426 g/mol. The van der Waals surface area contributed by atoms with Crippen LogP contribution in [0, 0.1) is 0 Å². The molecule has 0 aliphatic carbocycles. The summed E-state index contributed by atoms with van der Waals surface area (Å²) in [4.78, 5) is 12.6. The Morgan fingerprint density at radius 1 is 1.13 bits per heavy atom. The van der Waals surface area contributed by atoms with Crippen LogP contribution < -0.4 is 10.1 Å². The van der Waals surface area contributed by atoms with Crippen molar-refractivity contribution < 1.29 is 13.9 Å². The summed E-state index contributed by atoms with van der Waals surface area (Å²) in [6.07, 6.45) is 0. The van der Waals surface area contributed by atoms with Gasteiger partial charge in [0.1, 0.15) is 5.75 Å². The fourth-order valence-electron chi connectivity index (χ4n) is 2.78. The number of ether oxygens (including phenoxy) is 1. The number of anilines is 1. The van der Waals surface area contributed by atoms with E-state index in [1.807, 2.05) is 43.3 Å². The molecule has 0 fully saturated rings. The van der Waals surface area contributed by atoms with E-state index in [0.29, 0.717) is 29.2 Å². The number of carbonyl (C=O) groups excluding carboxylic acids is 1. The SMILES string of the molecule is CCOc1ccccc1NC(=O)[C@@H](C)Sc1nnc(-c2ccc(C(C)(C)C)cc2)o1. The van der Waals surface area contributed by atoms with E-state index in [9.17, 15) is 4.79 Å². The predicted molar refractivity (Wildman–Crippen MR) is 120 cm³/mol. The number of hydrogen-bond donors (Lipinski definition) is 1. The van der Waals surface area contributed by atoms with Crippen molar-refractivity contribution in [2.24, 2.45) is 0 Å². The van der Waals surface area contributed by atoms with Gasteiger partial charge in [0.2, 0.25) is 11.8 Å². The molecule has 2 aromatic carbocycles. The van der Waals surface area contributed by atoms with Gasteiger partial charge in [-0.2, -0.15) is 0 Å². The van der Waals surface area contributed by atoms with Crippen LogP contribution in [0.1, 0.15) is 40.2 Å². The molecule has 0 unspecified atom stereocenters. The molecule has 0 aliphatic heterocycles. The van der Waals surface area contributed by atoms with Crippen LogP contribution in [0.3, 0.4) is 0 Å². The number of aromatic nitrogens is 2. The van der Waals surface area contributed by atoms with Crippen LogP contribution in [-0.4, -0.2) is 28.0 Å². The summed E-state index contributed by atoms with van der Waals surface area (Å²) < 4.78 is 11.3. The number of carbonyl (C=O) groups is 1. The van der Waals surface area contributed by atoms with E-state index >= 15 is 0 Å². The molecule has 158 valence electrons. The van der Waals surface area contributed by atoms with Crippen LogP contribution in [0.25, 0.3) is 11.5 Å². The average Bonchev–Trinajstić information content (AvgIpc) is 3.17. The van der Waals surface area contributed by atoms with Crippen LogP contribution >= 0.6 is 11.8 Å². The number of nitrogens with zero attached hydrogens (tertiary/aromatic N) is 2. The maximum absolute atomic E-state index is 12.6. The monoisotopic (exact) mass is 425 g/mol. The minimum absolute atomic E-state index is 0.0813. The van der Waals surface area contributed by atoms with Crippen molar-refractivity contribution in [3.05, 3.63) is 54.1 Å². The second kappa shape index (κ2) is 9.34. The lowest BCUT2D eigenvalue weighted by atomic mass is 9.87. The first-order valence-corrected chi connectivity index (χ1v) is 10.8. The minimum Gasteiger partial charge on any atom is -0.492 e. The first kappa shape index (κ1) is 21.9. The van der Waals surface area contributed by atoms with Crippen molar-refractivity contribution in [2.45, 2.75) is 50.5 Å². The molecule has 30 heavy (non-hydrogen) atoms. The van der Waals surface area contributed by atoms with Gasteiger partial charge in [0.25, 0.3) is 5.22 Å². The number of thioether (sulfide) groups is 1. The lowest BCUT2D eigenvalue weighted by Crippen LogP contribution is -2.22. The molecule has 7 heteroatoms. The number of hydrogen-bond acceptors (Lipinski definition) is 6. The minimum atomic E-state index is -0.420. The highest BCUT2D eigenvalue weighted by Gasteiger charge is 2.20. The molecule has 3 aromatic rings. The van der Waals surface area contributed by atoms with Gasteiger partial charge in [-0.3, -0.25) is 4.79 Å². The van der Waals surface area contributed by atoms with E-state index in [0.717, 1.165) is 5.56 Å². The number of para-hydroxylation sites is 2. The highest BCUT2D eigenvalue weighted by molar-refractivity contribution is 8.00. The lowest BCUT2D eigenvalue weighted by Gasteiger charge is -2.18. The normalized spacial score (nSPS) is 12.4. The number of benzene rings is 2. The van der Waals surface area contributed by atoms with Gasteiger partial charge < -0.3 is 14.5 Å². The van der Waals surface area contributed by atoms with Crippen molar-refractivity contribution >= 4 is 23.4 Å². The van der Waals surface area contributed by atoms with Crippen molar-refractivity contribution in [2.75, 3.05) is 11.9 Å². The second-order valence-corrected chi connectivity index (χ2v) is 9.17. The molecule has 0 saturated carbocycles. The second-order valence-electron chi connectivity index (χ2n) is 7.88. The van der Waals surface area contributed by atoms with Gasteiger partial charge in [-0.25, -0.2) is 0 Å². The Hall–Kier alpha value is -2.80. The van der Waals surface area contributed by atoms with Gasteiger partial charge in [0.15, 0.2) is 0 Å². The molecule has 0 bridgehead atoms. The summed E-state index contributed by atoms with van der Waals surface area (Å²) in [5, 5.41) is 11.0. The molecule has 1 aromatic heterocycles. The zero-order valence-electron chi connectivity index (χ0n) is 17.9. The smallest absolute Gasteiger partial charge is 0.277 e. The molecule has 0 spiro atoms. The summed E-state index contributed by atoms with van der Waals surface area (Å²) in [6, 6.07) is 15.4. The fourth-order valence-corrected chi connectivity index (χ4v) is 3.46. The van der Waals surface area contributed by atoms with E-state index in [4.69, 9.17) is 9.15 Å². The molecule has 3 rings (SSSR count). The molecule has 6 nitrogen and oxygen atoms in total. The summed E-state index contributed by atoms with van der Waals surface area (Å²) in [5.41, 5.74) is 2.81. The third kappa shape index (κ3) is 5.42. The third-order valence-corrected chi connectivity index (χ3v) is 5.43. The van der Waals surface area contributed by atoms with E-state index in [2.05, 4.69) is 48.4 Å².